The number of rotatable bonds is 7. The first-order chi connectivity index (χ1) is 18.2. The van der Waals surface area contributed by atoms with Crippen LogP contribution in [0.1, 0.15) is 0 Å². The van der Waals surface area contributed by atoms with E-state index in [9.17, 15) is 4.79 Å². The second-order valence-corrected chi connectivity index (χ2v) is 8.49. The van der Waals surface area contributed by atoms with Crippen molar-refractivity contribution in [2.24, 2.45) is 0 Å². The van der Waals surface area contributed by atoms with Gasteiger partial charge in [0.2, 0.25) is 11.8 Å². The Labute approximate surface area is 211 Å². The maximum atomic E-state index is 12.8. The highest BCUT2D eigenvalue weighted by molar-refractivity contribution is 5.76. The van der Waals surface area contributed by atoms with Gasteiger partial charge < -0.3 is 24.3 Å². The first kappa shape index (κ1) is 22.8. The number of piperazine rings is 1. The summed E-state index contributed by atoms with van der Waals surface area (Å²) in [6.07, 6.45) is 6.47. The van der Waals surface area contributed by atoms with Crippen LogP contribution in [0.2, 0.25) is 0 Å². The molecular formula is C26H24N8O3. The minimum absolute atomic E-state index is 0.124. The number of hydrogen-bond acceptors (Lipinski definition) is 10. The molecule has 3 aromatic heterocycles. The molecule has 37 heavy (non-hydrogen) atoms. The predicted octanol–water partition coefficient (Wildman–Crippen LogP) is 2.41. The standard InChI is InChI=1S/C26H24N8O3/c35-26-25(33-10-7-27-8-11-33)28-9-12-34(26)13-14-36-23-16-30-22-15-18(5-6-21(22)31-23)37-24-17-29-19-3-1-2-4-20(19)32-24/h1-6,9,12,15-17,27H,7-8,10-11,13-14H2. The molecule has 0 spiro atoms. The van der Waals surface area contributed by atoms with E-state index in [2.05, 4.69) is 30.2 Å². The number of ether oxygens (including phenoxy) is 2. The summed E-state index contributed by atoms with van der Waals surface area (Å²) >= 11 is 0. The van der Waals surface area contributed by atoms with Gasteiger partial charge >= 0.3 is 0 Å². The van der Waals surface area contributed by atoms with Gasteiger partial charge in [0.25, 0.3) is 5.56 Å². The van der Waals surface area contributed by atoms with Crippen LogP contribution in [0.4, 0.5) is 5.82 Å². The second kappa shape index (κ2) is 10.2. The number of nitrogens with zero attached hydrogens (tertiary/aromatic N) is 7. The highest BCUT2D eigenvalue weighted by Crippen LogP contribution is 2.24. The average Bonchev–Trinajstić information content (AvgIpc) is 2.94. The van der Waals surface area contributed by atoms with Crippen molar-refractivity contribution in [1.82, 2.24) is 34.8 Å². The third kappa shape index (κ3) is 5.02. The van der Waals surface area contributed by atoms with Gasteiger partial charge in [-0.25, -0.2) is 24.9 Å². The molecule has 1 aliphatic rings. The topological polar surface area (TPSA) is 120 Å². The Morgan fingerprint density at radius 1 is 0.865 bits per heavy atom. The molecule has 11 nitrogen and oxygen atoms in total. The number of anilines is 1. The van der Waals surface area contributed by atoms with Crippen LogP contribution in [-0.4, -0.2) is 62.3 Å². The van der Waals surface area contributed by atoms with E-state index in [4.69, 9.17) is 9.47 Å². The van der Waals surface area contributed by atoms with E-state index in [0.29, 0.717) is 40.9 Å². The number of benzene rings is 2. The van der Waals surface area contributed by atoms with E-state index in [-0.39, 0.29) is 12.2 Å². The van der Waals surface area contributed by atoms with Crippen LogP contribution >= 0.6 is 0 Å². The van der Waals surface area contributed by atoms with Gasteiger partial charge in [0, 0.05) is 44.6 Å². The van der Waals surface area contributed by atoms with Crippen molar-refractivity contribution < 1.29 is 9.47 Å². The molecule has 1 aliphatic heterocycles. The molecule has 5 aromatic rings. The van der Waals surface area contributed by atoms with Crippen LogP contribution < -0.4 is 25.2 Å². The second-order valence-electron chi connectivity index (χ2n) is 8.49. The van der Waals surface area contributed by atoms with Crippen LogP contribution in [0, 0.1) is 0 Å². The third-order valence-electron chi connectivity index (χ3n) is 6.03. The Kier molecular flexibility index (Phi) is 6.26. The van der Waals surface area contributed by atoms with E-state index in [1.165, 1.54) is 0 Å². The lowest BCUT2D eigenvalue weighted by atomic mass is 10.3. The summed E-state index contributed by atoms with van der Waals surface area (Å²) in [4.78, 5) is 37.0. The minimum atomic E-state index is -0.124. The summed E-state index contributed by atoms with van der Waals surface area (Å²) in [5.74, 6) is 1.84. The highest BCUT2D eigenvalue weighted by Gasteiger charge is 2.16. The lowest BCUT2D eigenvalue weighted by molar-refractivity contribution is 0.285. The van der Waals surface area contributed by atoms with Gasteiger partial charge in [0.05, 0.1) is 41.0 Å². The first-order valence-corrected chi connectivity index (χ1v) is 12.0. The van der Waals surface area contributed by atoms with E-state index >= 15 is 0 Å². The van der Waals surface area contributed by atoms with Crippen LogP contribution in [-0.2, 0) is 6.54 Å². The first-order valence-electron chi connectivity index (χ1n) is 12.0. The maximum Gasteiger partial charge on any atom is 0.293 e. The van der Waals surface area contributed by atoms with Gasteiger partial charge in [-0.3, -0.25) is 4.79 Å². The summed E-state index contributed by atoms with van der Waals surface area (Å²) in [5, 5.41) is 3.28. The summed E-state index contributed by atoms with van der Waals surface area (Å²) in [6.45, 7) is 3.85. The lowest BCUT2D eigenvalue weighted by Gasteiger charge is -2.27. The molecule has 1 saturated heterocycles. The Balaban J connectivity index is 1.11. The molecule has 1 N–H and O–H groups in total. The van der Waals surface area contributed by atoms with Gasteiger partial charge in [0.15, 0.2) is 5.82 Å². The van der Waals surface area contributed by atoms with Crippen LogP contribution in [0.15, 0.2) is 72.0 Å². The molecular weight excluding hydrogens is 472 g/mol. The number of nitrogens with one attached hydrogen (secondary N) is 1. The fourth-order valence-corrected chi connectivity index (χ4v) is 4.17. The zero-order chi connectivity index (χ0) is 25.0. The number of hydrogen-bond donors (Lipinski definition) is 1. The molecule has 0 unspecified atom stereocenters. The molecule has 0 amide bonds. The average molecular weight is 497 g/mol. The van der Waals surface area contributed by atoms with E-state index < -0.39 is 0 Å². The fraction of sp³-hybridized carbons (Fsp3) is 0.231. The van der Waals surface area contributed by atoms with E-state index in [0.717, 1.165) is 37.2 Å². The van der Waals surface area contributed by atoms with Crippen molar-refractivity contribution in [3.63, 3.8) is 0 Å². The van der Waals surface area contributed by atoms with Crippen molar-refractivity contribution in [2.45, 2.75) is 6.54 Å². The van der Waals surface area contributed by atoms with E-state index in [1.54, 1.807) is 41.5 Å². The monoisotopic (exact) mass is 496 g/mol. The largest absolute Gasteiger partial charge is 0.475 e. The molecule has 6 rings (SSSR count). The van der Waals surface area contributed by atoms with Gasteiger partial charge in [-0.05, 0) is 24.3 Å². The van der Waals surface area contributed by atoms with Crippen molar-refractivity contribution >= 4 is 27.9 Å². The van der Waals surface area contributed by atoms with Gasteiger partial charge in [-0.1, -0.05) is 12.1 Å². The smallest absolute Gasteiger partial charge is 0.293 e. The molecule has 0 bridgehead atoms. The predicted molar refractivity (Wildman–Crippen MR) is 138 cm³/mol. The SMILES string of the molecule is O=c1c(N2CCNCC2)nccn1CCOc1cnc2cc(Oc3cnc4ccccc4n3)ccc2n1. The van der Waals surface area contributed by atoms with Gasteiger partial charge in [-0.15, -0.1) is 0 Å². The molecule has 0 radical (unpaired) electrons. The lowest BCUT2D eigenvalue weighted by Crippen LogP contribution is -2.46. The quantitative estimate of drug-likeness (QED) is 0.360. The molecule has 0 saturated carbocycles. The Bertz CT molecular complexity index is 1620. The highest BCUT2D eigenvalue weighted by atomic mass is 16.5. The summed E-state index contributed by atoms with van der Waals surface area (Å²) in [6, 6.07) is 13.0. The van der Waals surface area contributed by atoms with Crippen molar-refractivity contribution in [2.75, 3.05) is 37.7 Å². The Morgan fingerprint density at radius 2 is 1.62 bits per heavy atom. The van der Waals surface area contributed by atoms with Gasteiger partial charge in [0.1, 0.15) is 12.4 Å². The van der Waals surface area contributed by atoms with Crippen LogP contribution in [0.25, 0.3) is 22.1 Å². The van der Waals surface area contributed by atoms with E-state index in [1.807, 2.05) is 35.2 Å². The van der Waals surface area contributed by atoms with Gasteiger partial charge in [-0.2, -0.15) is 0 Å². The number of fused-ring (bicyclic) bond motifs is 2. The Hall–Kier alpha value is -4.64. The molecule has 0 aliphatic carbocycles. The van der Waals surface area contributed by atoms with Crippen molar-refractivity contribution in [3.05, 3.63) is 77.6 Å². The zero-order valence-electron chi connectivity index (χ0n) is 19.9. The normalized spacial score (nSPS) is 13.7. The van der Waals surface area contributed by atoms with Crippen LogP contribution in [0.3, 0.4) is 0 Å². The summed E-state index contributed by atoms with van der Waals surface area (Å²) in [5.41, 5.74) is 2.76. The number of para-hydroxylation sites is 2. The Morgan fingerprint density at radius 3 is 2.51 bits per heavy atom. The summed E-state index contributed by atoms with van der Waals surface area (Å²) in [7, 11) is 0. The fourth-order valence-electron chi connectivity index (χ4n) is 4.17. The molecule has 1 fully saturated rings. The molecule has 4 heterocycles. The summed E-state index contributed by atoms with van der Waals surface area (Å²) < 4.78 is 13.3. The van der Waals surface area contributed by atoms with Crippen molar-refractivity contribution in [3.8, 4) is 17.5 Å². The maximum absolute atomic E-state index is 12.8. The minimum Gasteiger partial charge on any atom is -0.475 e. The molecule has 0 atom stereocenters. The zero-order valence-corrected chi connectivity index (χ0v) is 19.9. The third-order valence-corrected chi connectivity index (χ3v) is 6.03. The molecule has 186 valence electrons. The molecule has 2 aromatic carbocycles. The van der Waals surface area contributed by atoms with Crippen molar-refractivity contribution in [1.29, 1.82) is 0 Å². The van der Waals surface area contributed by atoms with Crippen LogP contribution in [0.5, 0.6) is 17.5 Å². The number of aromatic nitrogens is 6. The molecule has 11 heteroatoms.